The Balaban J connectivity index is 1.67. The largest absolute Gasteiger partial charge is 0.494 e. The normalized spacial score (nSPS) is 10.5. The second kappa shape index (κ2) is 8.48. The number of rotatable bonds is 7. The Kier molecular flexibility index (Phi) is 5.85. The summed E-state index contributed by atoms with van der Waals surface area (Å²) in [4.78, 5) is 12.3. The van der Waals surface area contributed by atoms with Crippen molar-refractivity contribution in [1.82, 2.24) is 20.2 Å². The summed E-state index contributed by atoms with van der Waals surface area (Å²) >= 11 is 1.45. The molecule has 1 heterocycles. The number of aromatic nitrogens is 4. The smallest absolute Gasteiger partial charge is 0.228 e. The lowest BCUT2D eigenvalue weighted by Crippen LogP contribution is -2.14. The number of ether oxygens (including phenoxy) is 1. The monoisotopic (exact) mass is 369 g/mol. The number of hydrogen-bond acceptors (Lipinski definition) is 6. The Hall–Kier alpha value is -2.87. The van der Waals surface area contributed by atoms with Crippen molar-refractivity contribution in [2.24, 2.45) is 0 Å². The number of anilines is 1. The number of thioether (sulfide) groups is 1. The third-order valence-electron chi connectivity index (χ3n) is 3.60. The molecule has 0 aliphatic carbocycles. The topological polar surface area (TPSA) is 81.9 Å². The minimum absolute atomic E-state index is 0.0897. The van der Waals surface area contributed by atoms with Crippen LogP contribution in [0.2, 0.25) is 0 Å². The van der Waals surface area contributed by atoms with Crippen molar-refractivity contribution >= 4 is 23.4 Å². The fourth-order valence-corrected chi connectivity index (χ4v) is 2.88. The molecule has 26 heavy (non-hydrogen) atoms. The third-order valence-corrected chi connectivity index (χ3v) is 4.22. The number of hydrogen-bond donors (Lipinski definition) is 1. The summed E-state index contributed by atoms with van der Waals surface area (Å²) in [7, 11) is 0. The van der Waals surface area contributed by atoms with Crippen LogP contribution >= 0.6 is 11.8 Å². The van der Waals surface area contributed by atoms with E-state index >= 15 is 0 Å². The van der Waals surface area contributed by atoms with Crippen LogP contribution in [-0.2, 0) is 11.2 Å². The molecule has 1 N–H and O–H groups in total. The van der Waals surface area contributed by atoms with Crippen LogP contribution in [0.15, 0.2) is 53.7 Å². The molecule has 0 radical (unpaired) electrons. The summed E-state index contributed by atoms with van der Waals surface area (Å²) in [6.45, 7) is 2.56. The number of benzene rings is 2. The molecule has 0 fully saturated rings. The van der Waals surface area contributed by atoms with Gasteiger partial charge in [-0.15, -0.1) is 5.10 Å². The molecule has 0 spiro atoms. The van der Waals surface area contributed by atoms with Crippen molar-refractivity contribution in [3.63, 3.8) is 0 Å². The highest BCUT2D eigenvalue weighted by atomic mass is 32.2. The molecule has 0 aliphatic heterocycles. The molecule has 0 unspecified atom stereocenters. The van der Waals surface area contributed by atoms with Crippen molar-refractivity contribution in [1.29, 1.82) is 0 Å². The average Bonchev–Trinajstić information content (AvgIpc) is 3.12. The minimum Gasteiger partial charge on any atom is -0.494 e. The molecular formula is C18H19N5O2S. The molecule has 2 aromatic carbocycles. The van der Waals surface area contributed by atoms with Gasteiger partial charge in [0, 0.05) is 5.69 Å². The van der Waals surface area contributed by atoms with E-state index in [0.717, 1.165) is 17.0 Å². The molecule has 7 nitrogen and oxygen atoms in total. The first-order valence-electron chi connectivity index (χ1n) is 8.14. The Morgan fingerprint density at radius 1 is 1.23 bits per heavy atom. The summed E-state index contributed by atoms with van der Waals surface area (Å²) < 4.78 is 7.04. The highest BCUT2D eigenvalue weighted by molar-refractivity contribution is 7.98. The van der Waals surface area contributed by atoms with Gasteiger partial charge >= 0.3 is 0 Å². The van der Waals surface area contributed by atoms with E-state index < -0.39 is 0 Å². The SMILES string of the molecule is CCOc1ccc(CC(=O)Nc2cccc(-n3nnnc3SC)c2)cc1. The van der Waals surface area contributed by atoms with Crippen LogP contribution in [0.25, 0.3) is 5.69 Å². The molecule has 0 atom stereocenters. The van der Waals surface area contributed by atoms with Gasteiger partial charge in [-0.2, -0.15) is 4.68 Å². The van der Waals surface area contributed by atoms with Crippen molar-refractivity contribution in [3.8, 4) is 11.4 Å². The van der Waals surface area contributed by atoms with E-state index in [-0.39, 0.29) is 12.3 Å². The molecule has 3 aromatic rings. The number of nitrogens with zero attached hydrogens (tertiary/aromatic N) is 4. The number of carbonyl (C=O) groups excluding carboxylic acids is 1. The van der Waals surface area contributed by atoms with E-state index in [1.807, 2.05) is 61.7 Å². The van der Waals surface area contributed by atoms with Gasteiger partial charge in [0.25, 0.3) is 0 Å². The third kappa shape index (κ3) is 4.40. The number of amides is 1. The van der Waals surface area contributed by atoms with Gasteiger partial charge in [0.2, 0.25) is 11.1 Å². The molecule has 1 aromatic heterocycles. The molecule has 134 valence electrons. The second-order valence-corrected chi connectivity index (χ2v) is 6.20. The summed E-state index contributed by atoms with van der Waals surface area (Å²) in [6.07, 6.45) is 2.20. The van der Waals surface area contributed by atoms with E-state index in [1.165, 1.54) is 11.8 Å². The predicted molar refractivity (Wildman–Crippen MR) is 101 cm³/mol. The summed E-state index contributed by atoms with van der Waals surface area (Å²) in [5, 5.41) is 15.2. The zero-order valence-electron chi connectivity index (χ0n) is 14.5. The molecule has 0 saturated heterocycles. The van der Waals surface area contributed by atoms with E-state index in [4.69, 9.17) is 4.74 Å². The van der Waals surface area contributed by atoms with Gasteiger partial charge in [0.15, 0.2) is 0 Å². The Labute approximate surface area is 155 Å². The average molecular weight is 369 g/mol. The fraction of sp³-hybridized carbons (Fsp3) is 0.222. The molecule has 3 rings (SSSR count). The van der Waals surface area contributed by atoms with Gasteiger partial charge in [-0.3, -0.25) is 4.79 Å². The van der Waals surface area contributed by atoms with E-state index in [2.05, 4.69) is 20.8 Å². The van der Waals surface area contributed by atoms with E-state index in [1.54, 1.807) is 4.68 Å². The Morgan fingerprint density at radius 2 is 2.04 bits per heavy atom. The highest BCUT2D eigenvalue weighted by Gasteiger charge is 2.09. The van der Waals surface area contributed by atoms with Crippen molar-refractivity contribution in [3.05, 3.63) is 54.1 Å². The fourth-order valence-electron chi connectivity index (χ4n) is 2.44. The first-order chi connectivity index (χ1) is 12.7. The van der Waals surface area contributed by atoms with Gasteiger partial charge in [-0.1, -0.05) is 30.0 Å². The maximum atomic E-state index is 12.3. The van der Waals surface area contributed by atoms with Gasteiger partial charge in [-0.05, 0) is 59.5 Å². The lowest BCUT2D eigenvalue weighted by Gasteiger charge is -2.09. The maximum Gasteiger partial charge on any atom is 0.228 e. The number of carbonyl (C=O) groups is 1. The Morgan fingerprint density at radius 3 is 2.77 bits per heavy atom. The molecule has 0 bridgehead atoms. The first kappa shape index (κ1) is 17.9. The summed E-state index contributed by atoms with van der Waals surface area (Å²) in [5.74, 6) is 0.712. The molecular weight excluding hydrogens is 350 g/mol. The van der Waals surface area contributed by atoms with Crippen LogP contribution in [0, 0.1) is 0 Å². The lowest BCUT2D eigenvalue weighted by atomic mass is 10.1. The molecule has 0 aliphatic rings. The highest BCUT2D eigenvalue weighted by Crippen LogP contribution is 2.19. The molecule has 8 heteroatoms. The quantitative estimate of drug-likeness (QED) is 0.645. The maximum absolute atomic E-state index is 12.3. The zero-order valence-corrected chi connectivity index (χ0v) is 15.4. The summed E-state index contributed by atoms with van der Waals surface area (Å²) in [5.41, 5.74) is 2.41. The number of tetrazole rings is 1. The van der Waals surface area contributed by atoms with Crippen molar-refractivity contribution < 1.29 is 9.53 Å². The number of nitrogens with one attached hydrogen (secondary N) is 1. The van der Waals surface area contributed by atoms with Crippen molar-refractivity contribution in [2.75, 3.05) is 18.2 Å². The van der Waals surface area contributed by atoms with E-state index in [9.17, 15) is 4.79 Å². The van der Waals surface area contributed by atoms with Crippen LogP contribution in [0.1, 0.15) is 12.5 Å². The standard InChI is InChI=1S/C18H19N5O2S/c1-3-25-16-9-7-13(8-10-16)11-17(24)19-14-5-4-6-15(12-14)23-18(26-2)20-21-22-23/h4-10,12H,3,11H2,1-2H3,(H,19,24). The van der Waals surface area contributed by atoms with Crippen LogP contribution in [0.3, 0.4) is 0 Å². The first-order valence-corrected chi connectivity index (χ1v) is 9.36. The van der Waals surface area contributed by atoms with Crippen LogP contribution in [0.5, 0.6) is 5.75 Å². The van der Waals surface area contributed by atoms with Crippen molar-refractivity contribution in [2.45, 2.75) is 18.5 Å². The van der Waals surface area contributed by atoms with Crippen LogP contribution in [-0.4, -0.2) is 39.0 Å². The Bertz CT molecular complexity index is 879. The lowest BCUT2D eigenvalue weighted by molar-refractivity contribution is -0.115. The molecule has 0 saturated carbocycles. The molecule has 1 amide bonds. The van der Waals surface area contributed by atoms with Gasteiger partial charge in [0.1, 0.15) is 5.75 Å². The second-order valence-electron chi connectivity index (χ2n) is 5.43. The summed E-state index contributed by atoms with van der Waals surface area (Å²) in [6, 6.07) is 14.9. The van der Waals surface area contributed by atoms with Gasteiger partial charge < -0.3 is 10.1 Å². The van der Waals surface area contributed by atoms with Gasteiger partial charge in [-0.25, -0.2) is 0 Å². The predicted octanol–water partition coefficient (Wildman–Crippen LogP) is 2.96. The zero-order chi connectivity index (χ0) is 18.4. The van der Waals surface area contributed by atoms with Crippen LogP contribution < -0.4 is 10.1 Å². The van der Waals surface area contributed by atoms with E-state index in [0.29, 0.717) is 17.5 Å². The van der Waals surface area contributed by atoms with Crippen LogP contribution in [0.4, 0.5) is 5.69 Å². The van der Waals surface area contributed by atoms with Gasteiger partial charge in [0.05, 0.1) is 18.7 Å². The minimum atomic E-state index is -0.0897.